The van der Waals surface area contributed by atoms with E-state index in [4.69, 9.17) is 10.00 Å². The molecule has 0 aliphatic carbocycles. The Labute approximate surface area is 125 Å². The van der Waals surface area contributed by atoms with Crippen LogP contribution in [0.2, 0.25) is 0 Å². The van der Waals surface area contributed by atoms with Gasteiger partial charge in [0.1, 0.15) is 10.6 Å². The molecule has 5 nitrogen and oxygen atoms in total. The lowest BCUT2D eigenvalue weighted by molar-refractivity contribution is 0.469. The fraction of sp³-hybridized carbons (Fsp3) is 0.133. The van der Waals surface area contributed by atoms with E-state index < -0.39 is 0 Å². The van der Waals surface area contributed by atoms with E-state index in [0.717, 1.165) is 16.8 Å². The molecule has 3 rings (SSSR count). The fourth-order valence-electron chi connectivity index (χ4n) is 1.85. The van der Waals surface area contributed by atoms with Crippen molar-refractivity contribution in [2.45, 2.75) is 6.92 Å². The lowest BCUT2D eigenvalue weighted by Gasteiger charge is -2.08. The molecule has 0 saturated carbocycles. The summed E-state index contributed by atoms with van der Waals surface area (Å²) in [5.74, 6) is 1.71. The van der Waals surface area contributed by atoms with Crippen molar-refractivity contribution in [2.24, 2.45) is 0 Å². The monoisotopic (exact) mass is 296 g/mol. The van der Waals surface area contributed by atoms with Gasteiger partial charge in [0, 0.05) is 6.54 Å². The first-order valence-corrected chi connectivity index (χ1v) is 7.35. The highest BCUT2D eigenvalue weighted by molar-refractivity contribution is 7.16. The minimum Gasteiger partial charge on any atom is -0.438 e. The van der Waals surface area contributed by atoms with Gasteiger partial charge in [-0.1, -0.05) is 0 Å². The molecule has 104 valence electrons. The molecule has 21 heavy (non-hydrogen) atoms. The molecule has 3 aromatic rings. The Bertz CT molecular complexity index is 805. The summed E-state index contributed by atoms with van der Waals surface area (Å²) in [6.07, 6.45) is 0. The van der Waals surface area contributed by atoms with Gasteiger partial charge in [-0.15, -0.1) is 11.3 Å². The van der Waals surface area contributed by atoms with Crippen LogP contribution in [0.3, 0.4) is 0 Å². The first kappa shape index (κ1) is 13.3. The number of nitrogens with one attached hydrogen (secondary N) is 1. The normalized spacial score (nSPS) is 10.3. The summed E-state index contributed by atoms with van der Waals surface area (Å²) in [5.41, 5.74) is 0.596. The maximum absolute atomic E-state index is 8.81. The first-order valence-electron chi connectivity index (χ1n) is 6.47. The Kier molecular flexibility index (Phi) is 3.67. The van der Waals surface area contributed by atoms with E-state index >= 15 is 0 Å². The molecular weight excluding hydrogens is 284 g/mol. The van der Waals surface area contributed by atoms with E-state index in [9.17, 15) is 0 Å². The molecule has 0 radical (unpaired) electrons. The van der Waals surface area contributed by atoms with E-state index in [1.165, 1.54) is 0 Å². The molecule has 2 aromatic heterocycles. The van der Waals surface area contributed by atoms with Crippen molar-refractivity contribution in [3.8, 4) is 17.7 Å². The molecule has 0 fully saturated rings. The zero-order chi connectivity index (χ0) is 14.7. The molecule has 1 N–H and O–H groups in total. The summed E-state index contributed by atoms with van der Waals surface area (Å²) in [6, 6.07) is 11.0. The second kappa shape index (κ2) is 5.77. The minimum atomic E-state index is 0.516. The van der Waals surface area contributed by atoms with Crippen LogP contribution in [0.1, 0.15) is 12.5 Å². The zero-order valence-electron chi connectivity index (χ0n) is 11.3. The van der Waals surface area contributed by atoms with Crippen molar-refractivity contribution in [1.82, 2.24) is 9.97 Å². The van der Waals surface area contributed by atoms with Crippen LogP contribution in [0.4, 0.5) is 5.95 Å². The van der Waals surface area contributed by atoms with Gasteiger partial charge in [-0.2, -0.15) is 10.2 Å². The van der Waals surface area contributed by atoms with Gasteiger partial charge in [0.2, 0.25) is 11.8 Å². The SMILES string of the molecule is CCNc1nc(Oc2ccc(C#N)cc2)c2ccsc2n1. The minimum absolute atomic E-state index is 0.516. The topological polar surface area (TPSA) is 70.8 Å². The van der Waals surface area contributed by atoms with Crippen LogP contribution in [0.5, 0.6) is 11.6 Å². The van der Waals surface area contributed by atoms with Gasteiger partial charge < -0.3 is 10.1 Å². The fourth-order valence-corrected chi connectivity index (χ4v) is 2.61. The Morgan fingerprint density at radius 1 is 1.24 bits per heavy atom. The molecule has 0 unspecified atom stereocenters. The molecule has 0 bridgehead atoms. The highest BCUT2D eigenvalue weighted by Crippen LogP contribution is 2.31. The number of ether oxygens (including phenoxy) is 1. The van der Waals surface area contributed by atoms with Gasteiger partial charge in [-0.05, 0) is 42.6 Å². The molecule has 6 heteroatoms. The predicted molar refractivity (Wildman–Crippen MR) is 82.8 cm³/mol. The number of aromatic nitrogens is 2. The maximum Gasteiger partial charge on any atom is 0.232 e. The lowest BCUT2D eigenvalue weighted by Crippen LogP contribution is -2.02. The number of thiophene rings is 1. The van der Waals surface area contributed by atoms with Crippen LogP contribution in [-0.2, 0) is 0 Å². The summed E-state index contributed by atoms with van der Waals surface area (Å²) in [4.78, 5) is 9.71. The van der Waals surface area contributed by atoms with Crippen LogP contribution in [0.25, 0.3) is 10.2 Å². The van der Waals surface area contributed by atoms with Gasteiger partial charge in [0.25, 0.3) is 0 Å². The summed E-state index contributed by atoms with van der Waals surface area (Å²) in [6.45, 7) is 2.73. The van der Waals surface area contributed by atoms with Gasteiger partial charge in [0.15, 0.2) is 0 Å². The molecule has 0 saturated heterocycles. The number of benzene rings is 1. The number of rotatable bonds is 4. The summed E-state index contributed by atoms with van der Waals surface area (Å²) in [7, 11) is 0. The molecule has 2 heterocycles. The maximum atomic E-state index is 8.81. The van der Waals surface area contributed by atoms with Gasteiger partial charge in [0.05, 0.1) is 17.0 Å². The smallest absolute Gasteiger partial charge is 0.232 e. The number of hydrogen-bond donors (Lipinski definition) is 1. The van der Waals surface area contributed by atoms with Crippen molar-refractivity contribution in [3.05, 3.63) is 41.3 Å². The second-order valence-electron chi connectivity index (χ2n) is 4.26. The van der Waals surface area contributed by atoms with Crippen LogP contribution >= 0.6 is 11.3 Å². The van der Waals surface area contributed by atoms with E-state index in [1.54, 1.807) is 35.6 Å². The van der Waals surface area contributed by atoms with Crippen molar-refractivity contribution >= 4 is 27.5 Å². The van der Waals surface area contributed by atoms with E-state index in [0.29, 0.717) is 23.1 Å². The zero-order valence-corrected chi connectivity index (χ0v) is 12.1. The van der Waals surface area contributed by atoms with Crippen molar-refractivity contribution in [3.63, 3.8) is 0 Å². The quantitative estimate of drug-likeness (QED) is 0.793. The standard InChI is InChI=1S/C15H12N4OS/c1-2-17-15-18-13(12-7-8-21-14(12)19-15)20-11-5-3-10(9-16)4-6-11/h3-8H,2H2,1H3,(H,17,18,19). The third-order valence-electron chi connectivity index (χ3n) is 2.82. The van der Waals surface area contributed by atoms with Crippen LogP contribution in [0, 0.1) is 11.3 Å². The number of fused-ring (bicyclic) bond motifs is 1. The third kappa shape index (κ3) is 2.78. The second-order valence-corrected chi connectivity index (χ2v) is 5.15. The Morgan fingerprint density at radius 2 is 2.05 bits per heavy atom. The first-order chi connectivity index (χ1) is 10.3. The average Bonchev–Trinajstić information content (AvgIpc) is 2.97. The van der Waals surface area contributed by atoms with Crippen LogP contribution < -0.4 is 10.1 Å². The predicted octanol–water partition coefficient (Wildman–Crippen LogP) is 3.79. The Morgan fingerprint density at radius 3 is 2.76 bits per heavy atom. The molecule has 0 amide bonds. The number of nitriles is 1. The van der Waals surface area contributed by atoms with Gasteiger partial charge in [-0.25, -0.2) is 4.98 Å². The van der Waals surface area contributed by atoms with Crippen molar-refractivity contribution in [2.75, 3.05) is 11.9 Å². The lowest BCUT2D eigenvalue weighted by atomic mass is 10.2. The summed E-state index contributed by atoms with van der Waals surface area (Å²) >= 11 is 1.54. The molecule has 0 aliphatic heterocycles. The van der Waals surface area contributed by atoms with Crippen molar-refractivity contribution in [1.29, 1.82) is 5.26 Å². The molecule has 0 atom stereocenters. The van der Waals surface area contributed by atoms with Crippen LogP contribution in [0.15, 0.2) is 35.7 Å². The molecule has 0 spiro atoms. The van der Waals surface area contributed by atoms with Crippen LogP contribution in [-0.4, -0.2) is 16.5 Å². The number of nitrogens with zero attached hydrogens (tertiary/aromatic N) is 3. The Balaban J connectivity index is 1.98. The summed E-state index contributed by atoms with van der Waals surface area (Å²) in [5, 5.41) is 14.7. The third-order valence-corrected chi connectivity index (χ3v) is 3.63. The number of hydrogen-bond acceptors (Lipinski definition) is 6. The van der Waals surface area contributed by atoms with E-state index in [-0.39, 0.29) is 0 Å². The Hall–Kier alpha value is -2.65. The van der Waals surface area contributed by atoms with E-state index in [2.05, 4.69) is 21.4 Å². The summed E-state index contributed by atoms with van der Waals surface area (Å²) < 4.78 is 5.84. The van der Waals surface area contributed by atoms with Gasteiger partial charge >= 0.3 is 0 Å². The molecule has 1 aromatic carbocycles. The molecular formula is C15H12N4OS. The average molecular weight is 296 g/mol. The van der Waals surface area contributed by atoms with Gasteiger partial charge in [-0.3, -0.25) is 0 Å². The highest BCUT2D eigenvalue weighted by Gasteiger charge is 2.10. The highest BCUT2D eigenvalue weighted by atomic mass is 32.1. The number of anilines is 1. The largest absolute Gasteiger partial charge is 0.438 e. The van der Waals surface area contributed by atoms with Crippen molar-refractivity contribution < 1.29 is 4.74 Å². The molecule has 0 aliphatic rings. The van der Waals surface area contributed by atoms with E-state index in [1.807, 2.05) is 18.4 Å².